The molecule has 5 atom stereocenters. The first-order valence-electron chi connectivity index (χ1n) is 6.89. The molecule has 1 N–H and O–H groups in total. The fourth-order valence-electron chi connectivity index (χ4n) is 3.59. The number of ether oxygens (including phenoxy) is 1. The molecule has 3 aliphatic rings. The van der Waals surface area contributed by atoms with E-state index < -0.39 is 0 Å². The minimum absolute atomic E-state index is 0.639. The van der Waals surface area contributed by atoms with Crippen molar-refractivity contribution in [2.45, 2.75) is 38.3 Å². The molecule has 3 heterocycles. The monoisotopic (exact) mass is 224 g/mol. The third-order valence-electron chi connectivity index (χ3n) is 4.78. The SMILES string of the molecule is CC(NC1CCN2CCC1C2)C1CCOC1. The average Bonchev–Trinajstić information content (AvgIpc) is 2.93. The van der Waals surface area contributed by atoms with Crippen molar-refractivity contribution >= 4 is 0 Å². The molecule has 0 spiro atoms. The minimum atomic E-state index is 0.639. The van der Waals surface area contributed by atoms with Crippen LogP contribution in [-0.4, -0.2) is 49.8 Å². The standard InChI is InChI=1S/C13H24N2O/c1-10(12-4-7-16-9-12)14-13-3-6-15-5-2-11(13)8-15/h10-14H,2-9H2,1H3. The zero-order valence-corrected chi connectivity index (χ0v) is 10.3. The Labute approximate surface area is 98.5 Å². The van der Waals surface area contributed by atoms with E-state index in [0.717, 1.165) is 31.1 Å². The van der Waals surface area contributed by atoms with E-state index in [9.17, 15) is 0 Å². The molecule has 0 radical (unpaired) electrons. The molecule has 0 aromatic rings. The predicted octanol–water partition coefficient (Wildman–Crippen LogP) is 1.10. The van der Waals surface area contributed by atoms with Crippen molar-refractivity contribution in [2.75, 3.05) is 32.8 Å². The van der Waals surface area contributed by atoms with E-state index in [1.54, 1.807) is 0 Å². The first-order chi connectivity index (χ1) is 7.83. The van der Waals surface area contributed by atoms with Gasteiger partial charge in [0.1, 0.15) is 0 Å². The van der Waals surface area contributed by atoms with Gasteiger partial charge in [-0.15, -0.1) is 0 Å². The Bertz CT molecular complexity index is 240. The first kappa shape index (κ1) is 11.0. The fraction of sp³-hybridized carbons (Fsp3) is 1.00. The first-order valence-corrected chi connectivity index (χ1v) is 6.89. The highest BCUT2D eigenvalue weighted by Crippen LogP contribution is 2.28. The van der Waals surface area contributed by atoms with Crippen molar-refractivity contribution in [3.8, 4) is 0 Å². The van der Waals surface area contributed by atoms with Gasteiger partial charge in [0.2, 0.25) is 0 Å². The summed E-state index contributed by atoms with van der Waals surface area (Å²) in [5, 5.41) is 3.88. The van der Waals surface area contributed by atoms with Gasteiger partial charge in [-0.05, 0) is 51.1 Å². The summed E-state index contributed by atoms with van der Waals surface area (Å²) in [6, 6.07) is 1.41. The highest BCUT2D eigenvalue weighted by molar-refractivity contribution is 4.92. The van der Waals surface area contributed by atoms with E-state index in [2.05, 4.69) is 17.1 Å². The highest BCUT2D eigenvalue weighted by atomic mass is 16.5. The lowest BCUT2D eigenvalue weighted by Gasteiger charge is -2.34. The zero-order chi connectivity index (χ0) is 11.0. The van der Waals surface area contributed by atoms with E-state index in [1.165, 1.54) is 38.9 Å². The van der Waals surface area contributed by atoms with Crippen molar-refractivity contribution in [2.24, 2.45) is 11.8 Å². The molecule has 0 saturated carbocycles. The molecular weight excluding hydrogens is 200 g/mol. The van der Waals surface area contributed by atoms with Crippen LogP contribution >= 0.6 is 0 Å². The van der Waals surface area contributed by atoms with Gasteiger partial charge in [-0.1, -0.05) is 0 Å². The normalized spacial score (nSPS) is 44.8. The molecule has 5 unspecified atom stereocenters. The third kappa shape index (κ3) is 2.13. The highest BCUT2D eigenvalue weighted by Gasteiger charge is 2.35. The number of fused-ring (bicyclic) bond motifs is 2. The maximum Gasteiger partial charge on any atom is 0.0509 e. The summed E-state index contributed by atoms with van der Waals surface area (Å²) in [4.78, 5) is 2.62. The Balaban J connectivity index is 1.53. The summed E-state index contributed by atoms with van der Waals surface area (Å²) in [6.45, 7) is 8.27. The molecule has 3 rings (SSSR count). The fourth-order valence-corrected chi connectivity index (χ4v) is 3.59. The molecule has 3 fully saturated rings. The predicted molar refractivity (Wildman–Crippen MR) is 64.5 cm³/mol. The van der Waals surface area contributed by atoms with Crippen LogP contribution in [0.4, 0.5) is 0 Å². The summed E-state index contributed by atoms with van der Waals surface area (Å²) in [6.07, 6.45) is 4.01. The van der Waals surface area contributed by atoms with Crippen molar-refractivity contribution in [3.63, 3.8) is 0 Å². The lowest BCUT2D eigenvalue weighted by atomic mass is 9.91. The molecule has 3 heteroatoms. The van der Waals surface area contributed by atoms with Crippen molar-refractivity contribution in [3.05, 3.63) is 0 Å². The second-order valence-corrected chi connectivity index (χ2v) is 5.82. The number of hydrogen-bond donors (Lipinski definition) is 1. The van der Waals surface area contributed by atoms with Crippen LogP contribution in [0.3, 0.4) is 0 Å². The van der Waals surface area contributed by atoms with Crippen LogP contribution in [-0.2, 0) is 4.74 Å². The van der Waals surface area contributed by atoms with E-state index in [1.807, 2.05) is 0 Å². The van der Waals surface area contributed by atoms with Gasteiger partial charge < -0.3 is 15.0 Å². The van der Waals surface area contributed by atoms with Crippen LogP contribution in [0.25, 0.3) is 0 Å². The van der Waals surface area contributed by atoms with E-state index in [4.69, 9.17) is 4.74 Å². The van der Waals surface area contributed by atoms with Crippen molar-refractivity contribution in [1.29, 1.82) is 0 Å². The number of nitrogens with zero attached hydrogens (tertiary/aromatic N) is 1. The molecule has 3 aliphatic heterocycles. The Hall–Kier alpha value is -0.120. The Morgan fingerprint density at radius 3 is 2.94 bits per heavy atom. The van der Waals surface area contributed by atoms with E-state index in [0.29, 0.717) is 6.04 Å². The van der Waals surface area contributed by atoms with Crippen LogP contribution in [0, 0.1) is 11.8 Å². The molecule has 3 nitrogen and oxygen atoms in total. The van der Waals surface area contributed by atoms with Gasteiger partial charge >= 0.3 is 0 Å². The molecule has 2 bridgehead atoms. The number of nitrogens with one attached hydrogen (secondary N) is 1. The van der Waals surface area contributed by atoms with Gasteiger partial charge in [0.05, 0.1) is 6.61 Å². The topological polar surface area (TPSA) is 24.5 Å². The second-order valence-electron chi connectivity index (χ2n) is 5.82. The van der Waals surface area contributed by atoms with Gasteiger partial charge in [0, 0.05) is 25.2 Å². The van der Waals surface area contributed by atoms with E-state index in [-0.39, 0.29) is 0 Å². The average molecular weight is 224 g/mol. The number of piperidine rings is 1. The van der Waals surface area contributed by atoms with Crippen LogP contribution in [0.1, 0.15) is 26.2 Å². The van der Waals surface area contributed by atoms with Crippen LogP contribution < -0.4 is 5.32 Å². The maximum absolute atomic E-state index is 5.48. The third-order valence-corrected chi connectivity index (χ3v) is 4.78. The van der Waals surface area contributed by atoms with Crippen LogP contribution in [0.15, 0.2) is 0 Å². The van der Waals surface area contributed by atoms with Crippen LogP contribution in [0.2, 0.25) is 0 Å². The molecular formula is C13H24N2O. The molecule has 3 saturated heterocycles. The summed E-state index contributed by atoms with van der Waals surface area (Å²) in [5.41, 5.74) is 0. The largest absolute Gasteiger partial charge is 0.381 e. The minimum Gasteiger partial charge on any atom is -0.381 e. The Morgan fingerprint density at radius 1 is 1.25 bits per heavy atom. The summed E-state index contributed by atoms with van der Waals surface area (Å²) >= 11 is 0. The summed E-state index contributed by atoms with van der Waals surface area (Å²) in [7, 11) is 0. The van der Waals surface area contributed by atoms with Gasteiger partial charge in [0.15, 0.2) is 0 Å². The van der Waals surface area contributed by atoms with Crippen molar-refractivity contribution in [1.82, 2.24) is 10.2 Å². The quantitative estimate of drug-likeness (QED) is 0.777. The summed E-state index contributed by atoms with van der Waals surface area (Å²) < 4.78 is 5.48. The maximum atomic E-state index is 5.48. The van der Waals surface area contributed by atoms with Gasteiger partial charge in [-0.2, -0.15) is 0 Å². The molecule has 0 aliphatic carbocycles. The second kappa shape index (κ2) is 4.63. The van der Waals surface area contributed by atoms with Crippen molar-refractivity contribution < 1.29 is 4.74 Å². The molecule has 0 aromatic heterocycles. The number of hydrogen-bond acceptors (Lipinski definition) is 3. The number of rotatable bonds is 3. The molecule has 0 amide bonds. The van der Waals surface area contributed by atoms with E-state index >= 15 is 0 Å². The lowest BCUT2D eigenvalue weighted by molar-refractivity contribution is 0.165. The van der Waals surface area contributed by atoms with Crippen LogP contribution in [0.5, 0.6) is 0 Å². The Morgan fingerprint density at radius 2 is 2.12 bits per heavy atom. The van der Waals surface area contributed by atoms with Gasteiger partial charge in [0.25, 0.3) is 0 Å². The molecule has 0 aromatic carbocycles. The van der Waals surface area contributed by atoms with Gasteiger partial charge in [-0.25, -0.2) is 0 Å². The summed E-state index contributed by atoms with van der Waals surface area (Å²) in [5.74, 6) is 1.66. The Kier molecular flexibility index (Phi) is 3.18. The smallest absolute Gasteiger partial charge is 0.0509 e. The zero-order valence-electron chi connectivity index (χ0n) is 10.3. The lowest BCUT2D eigenvalue weighted by Crippen LogP contribution is -2.49. The molecule has 92 valence electrons. The molecule has 16 heavy (non-hydrogen) atoms. The van der Waals surface area contributed by atoms with Gasteiger partial charge in [-0.3, -0.25) is 0 Å².